The molecular weight excluding hydrogens is 382 g/mol. The first-order valence-corrected chi connectivity index (χ1v) is 9.39. The molecule has 5 heteroatoms. The van der Waals surface area contributed by atoms with E-state index in [1.54, 1.807) is 0 Å². The van der Waals surface area contributed by atoms with E-state index in [0.29, 0.717) is 5.57 Å². The van der Waals surface area contributed by atoms with Crippen LogP contribution in [0, 0.1) is 5.92 Å². The SMILES string of the molecule is CCC(C)[C@H](NC(=O)C1=C(c2ccccc2)CC(Br)C=C1)C(=O)OC. The lowest BCUT2D eigenvalue weighted by Gasteiger charge is -2.24. The van der Waals surface area contributed by atoms with Crippen LogP contribution in [0.2, 0.25) is 0 Å². The highest BCUT2D eigenvalue weighted by Gasteiger charge is 2.29. The van der Waals surface area contributed by atoms with Crippen LogP contribution in [0.1, 0.15) is 32.3 Å². The van der Waals surface area contributed by atoms with Gasteiger partial charge in [-0.15, -0.1) is 0 Å². The summed E-state index contributed by atoms with van der Waals surface area (Å²) in [4.78, 5) is 25.1. The van der Waals surface area contributed by atoms with E-state index in [1.165, 1.54) is 7.11 Å². The highest BCUT2D eigenvalue weighted by Crippen LogP contribution is 2.32. The van der Waals surface area contributed by atoms with Crippen LogP contribution in [-0.2, 0) is 14.3 Å². The molecule has 0 saturated carbocycles. The number of rotatable bonds is 6. The predicted octanol–water partition coefficient (Wildman–Crippen LogP) is 3.87. The Kier molecular flexibility index (Phi) is 7.00. The maximum absolute atomic E-state index is 12.9. The number of methoxy groups -OCH3 is 1. The molecule has 1 aromatic rings. The Bertz CT molecular complexity index is 681. The van der Waals surface area contributed by atoms with E-state index in [9.17, 15) is 9.59 Å². The minimum Gasteiger partial charge on any atom is -0.467 e. The van der Waals surface area contributed by atoms with Gasteiger partial charge in [0.25, 0.3) is 5.91 Å². The summed E-state index contributed by atoms with van der Waals surface area (Å²) < 4.78 is 4.86. The lowest BCUT2D eigenvalue weighted by molar-refractivity contribution is -0.146. The van der Waals surface area contributed by atoms with Gasteiger partial charge in [0.05, 0.1) is 7.11 Å². The van der Waals surface area contributed by atoms with E-state index in [-0.39, 0.29) is 16.7 Å². The zero-order valence-corrected chi connectivity index (χ0v) is 16.4. The van der Waals surface area contributed by atoms with Crippen molar-refractivity contribution in [2.45, 2.75) is 37.6 Å². The highest BCUT2D eigenvalue weighted by molar-refractivity contribution is 9.09. The number of alkyl halides is 1. The zero-order chi connectivity index (χ0) is 18.4. The van der Waals surface area contributed by atoms with Gasteiger partial charge in [0.1, 0.15) is 6.04 Å². The molecule has 0 spiro atoms. The van der Waals surface area contributed by atoms with Crippen LogP contribution in [0.15, 0.2) is 48.1 Å². The van der Waals surface area contributed by atoms with Crippen LogP contribution in [0.3, 0.4) is 0 Å². The molecule has 134 valence electrons. The second kappa shape index (κ2) is 8.99. The van der Waals surface area contributed by atoms with Crippen molar-refractivity contribution in [3.05, 3.63) is 53.6 Å². The lowest BCUT2D eigenvalue weighted by atomic mass is 9.90. The first kappa shape index (κ1) is 19.4. The van der Waals surface area contributed by atoms with Gasteiger partial charge in [0.15, 0.2) is 0 Å². The lowest BCUT2D eigenvalue weighted by Crippen LogP contribution is -2.46. The molecule has 3 atom stereocenters. The quantitative estimate of drug-likeness (QED) is 0.577. The van der Waals surface area contributed by atoms with E-state index in [1.807, 2.05) is 56.3 Å². The van der Waals surface area contributed by atoms with Gasteiger partial charge in [-0.05, 0) is 23.5 Å². The van der Waals surface area contributed by atoms with E-state index >= 15 is 0 Å². The largest absolute Gasteiger partial charge is 0.467 e. The van der Waals surface area contributed by atoms with E-state index in [0.717, 1.165) is 24.0 Å². The third-order valence-corrected chi connectivity index (χ3v) is 5.15. The Hall–Kier alpha value is -1.88. The molecule has 25 heavy (non-hydrogen) atoms. The fraction of sp³-hybridized carbons (Fsp3) is 0.400. The summed E-state index contributed by atoms with van der Waals surface area (Å²) in [7, 11) is 1.34. The summed E-state index contributed by atoms with van der Waals surface area (Å²) in [5, 5.41) is 2.86. The summed E-state index contributed by atoms with van der Waals surface area (Å²) in [6.45, 7) is 3.91. The van der Waals surface area contributed by atoms with Gasteiger partial charge in [0, 0.05) is 10.4 Å². The van der Waals surface area contributed by atoms with Crippen LogP contribution in [0.25, 0.3) is 5.57 Å². The maximum Gasteiger partial charge on any atom is 0.328 e. The molecule has 2 rings (SSSR count). The highest BCUT2D eigenvalue weighted by atomic mass is 79.9. The van der Waals surface area contributed by atoms with Crippen molar-refractivity contribution in [1.29, 1.82) is 0 Å². The second-order valence-electron chi connectivity index (χ2n) is 6.20. The van der Waals surface area contributed by atoms with E-state index < -0.39 is 12.0 Å². The van der Waals surface area contributed by atoms with Gasteiger partial charge in [0.2, 0.25) is 0 Å². The van der Waals surface area contributed by atoms with Crippen molar-refractivity contribution >= 4 is 33.4 Å². The Morgan fingerprint density at radius 1 is 1.32 bits per heavy atom. The van der Waals surface area contributed by atoms with Crippen molar-refractivity contribution in [2.75, 3.05) is 7.11 Å². The normalized spacial score (nSPS) is 19.3. The van der Waals surface area contributed by atoms with E-state index in [2.05, 4.69) is 21.2 Å². The topological polar surface area (TPSA) is 55.4 Å². The first-order valence-electron chi connectivity index (χ1n) is 8.47. The molecule has 0 aromatic heterocycles. The molecule has 1 amide bonds. The van der Waals surface area contributed by atoms with Crippen molar-refractivity contribution in [1.82, 2.24) is 5.32 Å². The number of carbonyl (C=O) groups excluding carboxylic acids is 2. The number of benzene rings is 1. The van der Waals surface area contributed by atoms with Crippen molar-refractivity contribution in [3.8, 4) is 0 Å². The molecule has 1 aliphatic rings. The Morgan fingerprint density at radius 3 is 2.60 bits per heavy atom. The number of hydrogen-bond acceptors (Lipinski definition) is 3. The molecule has 0 radical (unpaired) electrons. The summed E-state index contributed by atoms with van der Waals surface area (Å²) in [5.74, 6) is -0.665. The molecule has 0 bridgehead atoms. The molecule has 0 aliphatic heterocycles. The van der Waals surface area contributed by atoms with Gasteiger partial charge >= 0.3 is 5.97 Å². The molecule has 0 heterocycles. The molecule has 1 aromatic carbocycles. The number of halogens is 1. The molecule has 2 unspecified atom stereocenters. The van der Waals surface area contributed by atoms with Gasteiger partial charge < -0.3 is 10.1 Å². The third-order valence-electron chi connectivity index (χ3n) is 4.52. The number of carbonyl (C=O) groups is 2. The molecule has 4 nitrogen and oxygen atoms in total. The number of allylic oxidation sites excluding steroid dienone is 2. The molecule has 0 saturated heterocycles. The van der Waals surface area contributed by atoms with Gasteiger partial charge in [-0.25, -0.2) is 4.79 Å². The zero-order valence-electron chi connectivity index (χ0n) is 14.8. The summed E-state index contributed by atoms with van der Waals surface area (Å²) in [5.41, 5.74) is 2.58. The monoisotopic (exact) mass is 405 g/mol. The number of hydrogen-bond donors (Lipinski definition) is 1. The fourth-order valence-electron chi connectivity index (χ4n) is 2.81. The molecule has 1 N–H and O–H groups in total. The smallest absolute Gasteiger partial charge is 0.328 e. The average Bonchev–Trinajstić information content (AvgIpc) is 2.65. The van der Waals surface area contributed by atoms with Crippen molar-refractivity contribution in [3.63, 3.8) is 0 Å². The average molecular weight is 406 g/mol. The third kappa shape index (κ3) is 4.82. The van der Waals surface area contributed by atoms with Crippen LogP contribution in [0.5, 0.6) is 0 Å². The standard InChI is InChI=1S/C20H24BrNO3/c1-4-13(2)18(20(24)25-3)22-19(23)16-11-10-15(21)12-17(16)14-8-6-5-7-9-14/h5-11,13,15,18H,4,12H2,1-3H3,(H,22,23)/t13?,15?,18-/m0/s1. The Morgan fingerprint density at radius 2 is 2.00 bits per heavy atom. The van der Waals surface area contributed by atoms with E-state index in [4.69, 9.17) is 4.74 Å². The molecule has 1 aliphatic carbocycles. The number of ether oxygens (including phenoxy) is 1. The van der Waals surface area contributed by atoms with Crippen LogP contribution in [0.4, 0.5) is 0 Å². The summed E-state index contributed by atoms with van der Waals surface area (Å²) in [6.07, 6.45) is 5.27. The minimum absolute atomic E-state index is 0.00586. The maximum atomic E-state index is 12.9. The van der Waals surface area contributed by atoms with Crippen molar-refractivity contribution in [2.24, 2.45) is 5.92 Å². The Labute approximate surface area is 157 Å². The number of amides is 1. The predicted molar refractivity (Wildman–Crippen MR) is 103 cm³/mol. The van der Waals surface area contributed by atoms with Gasteiger partial charge in [-0.3, -0.25) is 4.79 Å². The van der Waals surface area contributed by atoms with Crippen molar-refractivity contribution < 1.29 is 14.3 Å². The minimum atomic E-state index is -0.651. The Balaban J connectivity index is 2.33. The van der Waals surface area contributed by atoms with Crippen LogP contribution >= 0.6 is 15.9 Å². The van der Waals surface area contributed by atoms with Crippen LogP contribution < -0.4 is 5.32 Å². The summed E-state index contributed by atoms with van der Waals surface area (Å²) >= 11 is 3.60. The first-order chi connectivity index (χ1) is 12.0. The number of esters is 1. The summed E-state index contributed by atoms with van der Waals surface area (Å²) in [6, 6.07) is 9.19. The second-order valence-corrected chi connectivity index (χ2v) is 7.37. The number of nitrogens with one attached hydrogen (secondary N) is 1. The molecule has 0 fully saturated rings. The molecular formula is C20H24BrNO3. The fourth-order valence-corrected chi connectivity index (χ4v) is 3.29. The van der Waals surface area contributed by atoms with Gasteiger partial charge in [-0.2, -0.15) is 0 Å². The van der Waals surface area contributed by atoms with Crippen LogP contribution in [-0.4, -0.2) is 29.9 Å². The van der Waals surface area contributed by atoms with Gasteiger partial charge in [-0.1, -0.05) is 78.7 Å².